The van der Waals surface area contributed by atoms with Crippen LogP contribution in [0.3, 0.4) is 0 Å². The number of rotatable bonds is 14. The molecule has 4 rings (SSSR count). The van der Waals surface area contributed by atoms with E-state index in [1.54, 1.807) is 0 Å². The van der Waals surface area contributed by atoms with Crippen LogP contribution in [0.25, 0.3) is 0 Å². The molecule has 1 aliphatic heterocycles. The fourth-order valence-electron chi connectivity index (χ4n) is 7.09. The van der Waals surface area contributed by atoms with Gasteiger partial charge in [-0.3, -0.25) is 19.2 Å². The fraction of sp³-hybridized carbons (Fsp3) is 0.676. The number of likely N-dealkylation sites (tertiary alicyclic amines) is 1. The van der Waals surface area contributed by atoms with Crippen molar-refractivity contribution in [2.24, 2.45) is 35.3 Å². The number of hydrogen-bond acceptors (Lipinski definition) is 7. The van der Waals surface area contributed by atoms with Crippen LogP contribution >= 0.6 is 0 Å². The Kier molecular flexibility index (Phi) is 12.6. The Bertz CT molecular complexity index is 1410. The van der Waals surface area contributed by atoms with E-state index < -0.39 is 59.4 Å². The first-order chi connectivity index (χ1) is 23.4. The number of alkyl carbamates (subject to hydrolysis) is 1. The van der Waals surface area contributed by atoms with Gasteiger partial charge in [-0.15, -0.1) is 0 Å². The molecule has 3 aliphatic rings. The molecule has 50 heavy (non-hydrogen) atoms. The molecule has 2 aliphatic carbocycles. The molecule has 5 atom stereocenters. The smallest absolute Gasteiger partial charge is 0.407 e. The lowest BCUT2D eigenvalue weighted by molar-refractivity contribution is -0.143. The summed E-state index contributed by atoms with van der Waals surface area (Å²) >= 11 is 0. The Labute approximate surface area is 295 Å². The Morgan fingerprint density at radius 3 is 2.06 bits per heavy atom. The minimum Gasteiger partial charge on any atom is -0.447 e. The van der Waals surface area contributed by atoms with Crippen molar-refractivity contribution < 1.29 is 33.5 Å². The van der Waals surface area contributed by atoms with Crippen LogP contribution in [0.4, 0.5) is 9.59 Å². The lowest BCUT2D eigenvalue weighted by Gasteiger charge is -2.34. The van der Waals surface area contributed by atoms with Crippen molar-refractivity contribution >= 4 is 35.6 Å². The third kappa shape index (κ3) is 10.2. The number of carbonyl (C=O) groups excluding carboxylic acids is 6. The summed E-state index contributed by atoms with van der Waals surface area (Å²) < 4.78 is 5.42. The largest absolute Gasteiger partial charge is 0.447 e. The van der Waals surface area contributed by atoms with Gasteiger partial charge in [0.25, 0.3) is 5.91 Å². The zero-order valence-electron chi connectivity index (χ0n) is 30.5. The van der Waals surface area contributed by atoms with Gasteiger partial charge in [-0.1, -0.05) is 64.8 Å². The predicted molar refractivity (Wildman–Crippen MR) is 188 cm³/mol. The number of nitrogens with one attached hydrogen (secondary N) is 4. The summed E-state index contributed by atoms with van der Waals surface area (Å²) in [4.78, 5) is 80.8. The highest BCUT2D eigenvalue weighted by atomic mass is 16.5. The van der Waals surface area contributed by atoms with E-state index in [0.29, 0.717) is 32.2 Å². The van der Waals surface area contributed by atoms with Gasteiger partial charge in [0.05, 0.1) is 12.1 Å². The second-order valence-electron chi connectivity index (χ2n) is 16.0. The quantitative estimate of drug-likeness (QED) is 0.185. The van der Waals surface area contributed by atoms with E-state index in [4.69, 9.17) is 10.5 Å². The molecule has 1 aromatic carbocycles. The Hall–Kier alpha value is -4.16. The lowest BCUT2D eigenvalue weighted by atomic mass is 9.87. The maximum absolute atomic E-state index is 14.7. The van der Waals surface area contributed by atoms with E-state index in [1.165, 1.54) is 4.90 Å². The standard InChI is InChI=1S/C37H56N6O7/c1-20(2)26-14-15-43(30(26)33(46)39-27(16-22-12-13-22)31(44)32(38)45)34(47)29(25-17-23-10-8-9-11-24(23)18-25)41-35(48)40-28(21(3)4)19-50-36(49)42-37(5,6)7/h8-11,20-22,25-30H,12-19H2,1-7H3,(H2,38,45)(H,39,46)(H,42,49)(H2,40,41,48)/t26?,27?,28-,29+,30+/m1/s1. The molecule has 0 radical (unpaired) electrons. The van der Waals surface area contributed by atoms with Crippen LogP contribution in [-0.2, 0) is 36.8 Å². The average Bonchev–Trinajstić information content (AvgIpc) is 3.55. The summed E-state index contributed by atoms with van der Waals surface area (Å²) in [7, 11) is 0. The summed E-state index contributed by atoms with van der Waals surface area (Å²) in [6, 6.07) is 3.86. The van der Waals surface area contributed by atoms with E-state index in [9.17, 15) is 28.8 Å². The first-order valence-electron chi connectivity index (χ1n) is 18.0. The van der Waals surface area contributed by atoms with E-state index in [1.807, 2.05) is 72.7 Å². The second kappa shape index (κ2) is 16.2. The molecule has 13 heteroatoms. The van der Waals surface area contributed by atoms with Gasteiger partial charge in [0.2, 0.25) is 17.6 Å². The average molecular weight is 697 g/mol. The Balaban J connectivity index is 1.56. The van der Waals surface area contributed by atoms with Crippen molar-refractivity contribution in [3.63, 3.8) is 0 Å². The van der Waals surface area contributed by atoms with Gasteiger partial charge < -0.3 is 36.6 Å². The van der Waals surface area contributed by atoms with Crippen LogP contribution < -0.4 is 27.0 Å². The molecule has 1 heterocycles. The third-order valence-corrected chi connectivity index (χ3v) is 10.1. The van der Waals surface area contributed by atoms with Crippen molar-refractivity contribution in [1.29, 1.82) is 0 Å². The molecule has 6 N–H and O–H groups in total. The van der Waals surface area contributed by atoms with Crippen molar-refractivity contribution in [3.8, 4) is 0 Å². The predicted octanol–water partition coefficient (Wildman–Crippen LogP) is 2.83. The van der Waals surface area contributed by atoms with Crippen LogP contribution in [0, 0.1) is 29.6 Å². The Morgan fingerprint density at radius 1 is 0.920 bits per heavy atom. The van der Waals surface area contributed by atoms with Gasteiger partial charge in [-0.25, -0.2) is 9.59 Å². The monoisotopic (exact) mass is 696 g/mol. The lowest BCUT2D eigenvalue weighted by Crippen LogP contribution is -2.60. The van der Waals surface area contributed by atoms with Gasteiger partial charge in [-0.05, 0) is 87.2 Å². The van der Waals surface area contributed by atoms with E-state index in [0.717, 1.165) is 24.0 Å². The number of nitrogens with zero attached hydrogens (tertiary/aromatic N) is 1. The maximum atomic E-state index is 14.7. The van der Waals surface area contributed by atoms with E-state index in [-0.39, 0.29) is 42.1 Å². The van der Waals surface area contributed by atoms with E-state index in [2.05, 4.69) is 21.3 Å². The number of benzene rings is 1. The molecule has 1 saturated carbocycles. The number of urea groups is 1. The van der Waals surface area contributed by atoms with Crippen molar-refractivity contribution in [3.05, 3.63) is 35.4 Å². The van der Waals surface area contributed by atoms with Crippen LogP contribution in [0.15, 0.2) is 24.3 Å². The molecule has 276 valence electrons. The van der Waals surface area contributed by atoms with Gasteiger partial charge in [0, 0.05) is 12.1 Å². The molecule has 1 saturated heterocycles. The second-order valence-corrected chi connectivity index (χ2v) is 16.0. The summed E-state index contributed by atoms with van der Waals surface area (Å²) in [5, 5.41) is 11.4. The number of hydrogen-bond donors (Lipinski definition) is 5. The summed E-state index contributed by atoms with van der Waals surface area (Å²) in [6.07, 6.45) is 3.23. The van der Waals surface area contributed by atoms with Crippen LogP contribution in [0.5, 0.6) is 0 Å². The topological polar surface area (TPSA) is 189 Å². The van der Waals surface area contributed by atoms with Gasteiger partial charge in [0.15, 0.2) is 0 Å². The van der Waals surface area contributed by atoms with Crippen molar-refractivity contribution in [2.75, 3.05) is 13.2 Å². The first-order valence-corrected chi connectivity index (χ1v) is 18.0. The number of amides is 6. The number of Topliss-reactive ketones (excluding diaryl/α,β-unsaturated/α-hetero) is 1. The van der Waals surface area contributed by atoms with Crippen LogP contribution in [-0.4, -0.2) is 83.4 Å². The summed E-state index contributed by atoms with van der Waals surface area (Å²) in [5.74, 6) is -3.16. The number of nitrogens with two attached hydrogens (primary N) is 1. The molecule has 0 bridgehead atoms. The SMILES string of the molecule is CC(C)C1CCN(C(=O)[C@@H](NC(=O)N[C@H](COC(=O)NC(C)(C)C)C(C)C)C2Cc3ccccc3C2)[C@@H]1C(=O)NC(CC1CC1)C(=O)C(N)=O. The first kappa shape index (κ1) is 38.6. The number of ketones is 1. The number of fused-ring (bicyclic) bond motifs is 1. The highest BCUT2D eigenvalue weighted by molar-refractivity contribution is 6.37. The molecule has 0 spiro atoms. The van der Waals surface area contributed by atoms with Crippen molar-refractivity contribution in [2.45, 2.75) is 117 Å². The maximum Gasteiger partial charge on any atom is 0.407 e. The molecule has 2 unspecified atom stereocenters. The molecular formula is C37H56N6O7. The molecule has 1 aromatic rings. The van der Waals surface area contributed by atoms with E-state index >= 15 is 0 Å². The molecule has 0 aromatic heterocycles. The zero-order chi connectivity index (χ0) is 36.9. The van der Waals surface area contributed by atoms with Crippen LogP contribution in [0.1, 0.15) is 85.3 Å². The summed E-state index contributed by atoms with van der Waals surface area (Å²) in [5.41, 5.74) is 7.04. The molecule has 2 fully saturated rings. The number of ether oxygens (including phenoxy) is 1. The Morgan fingerprint density at radius 2 is 1.54 bits per heavy atom. The minimum atomic E-state index is -1.10. The van der Waals surface area contributed by atoms with Gasteiger partial charge in [-0.2, -0.15) is 0 Å². The van der Waals surface area contributed by atoms with Crippen LogP contribution in [0.2, 0.25) is 0 Å². The molecule has 13 nitrogen and oxygen atoms in total. The van der Waals surface area contributed by atoms with Gasteiger partial charge in [0.1, 0.15) is 18.7 Å². The van der Waals surface area contributed by atoms with Crippen molar-refractivity contribution in [1.82, 2.24) is 26.2 Å². The molecule has 6 amide bonds. The highest BCUT2D eigenvalue weighted by Crippen LogP contribution is 2.36. The molecular weight excluding hydrogens is 640 g/mol. The zero-order valence-corrected chi connectivity index (χ0v) is 30.5. The normalized spacial score (nSPS) is 20.9. The van der Waals surface area contributed by atoms with Gasteiger partial charge >= 0.3 is 12.1 Å². The fourth-order valence-corrected chi connectivity index (χ4v) is 7.09. The summed E-state index contributed by atoms with van der Waals surface area (Å²) in [6.45, 7) is 13.5. The number of primary amides is 1. The minimum absolute atomic E-state index is 0.0324. The number of carbonyl (C=O) groups is 6. The third-order valence-electron chi connectivity index (χ3n) is 10.1. The highest BCUT2D eigenvalue weighted by Gasteiger charge is 2.48.